The lowest BCUT2D eigenvalue weighted by Crippen LogP contribution is -2.17. The zero-order valence-electron chi connectivity index (χ0n) is 10.2. The largest absolute Gasteiger partial charge is 0.396 e. The lowest BCUT2D eigenvalue weighted by molar-refractivity contribution is 0.0999. The average Bonchev–Trinajstić information content (AvgIpc) is 2.70. The summed E-state index contributed by atoms with van der Waals surface area (Å²) in [5, 5.41) is 18.9. The minimum atomic E-state index is -0.752. The minimum Gasteiger partial charge on any atom is -0.396 e. The molecule has 0 saturated heterocycles. The van der Waals surface area contributed by atoms with Gasteiger partial charge in [-0.25, -0.2) is 9.97 Å². The highest BCUT2D eigenvalue weighted by Gasteiger charge is 2.18. The van der Waals surface area contributed by atoms with Crippen molar-refractivity contribution in [2.45, 2.75) is 19.1 Å². The van der Waals surface area contributed by atoms with E-state index >= 15 is 0 Å². The molecule has 19 heavy (non-hydrogen) atoms. The van der Waals surface area contributed by atoms with Gasteiger partial charge in [0.2, 0.25) is 0 Å². The standard InChI is InChI=1S/C11H15N5O3/c12-9-8-7(10(13)19)4-16(3-6(18)1-2-17)11(8)15-5-14-9/h4-6,17-18H,1-3H2,(H2,13,19)(H2,12,14,15)/t6-/m0/s1. The molecule has 8 heteroatoms. The van der Waals surface area contributed by atoms with Crippen molar-refractivity contribution in [2.75, 3.05) is 12.3 Å². The molecule has 1 amide bonds. The number of hydrogen-bond donors (Lipinski definition) is 4. The normalized spacial score (nSPS) is 12.7. The third-order valence-corrected chi connectivity index (χ3v) is 2.82. The Morgan fingerprint density at radius 1 is 1.47 bits per heavy atom. The average molecular weight is 265 g/mol. The smallest absolute Gasteiger partial charge is 0.251 e. The van der Waals surface area contributed by atoms with Crippen molar-refractivity contribution < 1.29 is 15.0 Å². The van der Waals surface area contributed by atoms with Crippen LogP contribution in [-0.2, 0) is 6.54 Å². The first-order valence-electron chi connectivity index (χ1n) is 5.72. The fourth-order valence-electron chi connectivity index (χ4n) is 1.94. The molecule has 6 N–H and O–H groups in total. The van der Waals surface area contributed by atoms with Crippen molar-refractivity contribution >= 4 is 22.8 Å². The first kappa shape index (κ1) is 13.2. The summed E-state index contributed by atoms with van der Waals surface area (Å²) >= 11 is 0. The number of carbonyl (C=O) groups excluding carboxylic acids is 1. The maximum absolute atomic E-state index is 11.4. The van der Waals surface area contributed by atoms with E-state index in [2.05, 4.69) is 9.97 Å². The summed E-state index contributed by atoms with van der Waals surface area (Å²) in [6.07, 6.45) is 2.24. The van der Waals surface area contributed by atoms with Gasteiger partial charge >= 0.3 is 0 Å². The molecule has 0 radical (unpaired) electrons. The number of amides is 1. The van der Waals surface area contributed by atoms with Gasteiger partial charge < -0.3 is 26.2 Å². The quantitative estimate of drug-likeness (QED) is 0.538. The molecule has 0 fully saturated rings. The molecule has 0 unspecified atom stereocenters. The number of carbonyl (C=O) groups is 1. The fraction of sp³-hybridized carbons (Fsp3) is 0.364. The van der Waals surface area contributed by atoms with Gasteiger partial charge in [-0.05, 0) is 6.42 Å². The van der Waals surface area contributed by atoms with E-state index in [4.69, 9.17) is 16.6 Å². The molecule has 0 spiro atoms. The topological polar surface area (TPSA) is 140 Å². The Kier molecular flexibility index (Phi) is 3.63. The second-order valence-electron chi connectivity index (χ2n) is 4.18. The van der Waals surface area contributed by atoms with Gasteiger partial charge in [0.25, 0.3) is 5.91 Å². The lowest BCUT2D eigenvalue weighted by atomic mass is 10.2. The highest BCUT2D eigenvalue weighted by Crippen LogP contribution is 2.23. The Morgan fingerprint density at radius 2 is 2.21 bits per heavy atom. The van der Waals surface area contributed by atoms with Crippen LogP contribution in [-0.4, -0.2) is 43.4 Å². The summed E-state index contributed by atoms with van der Waals surface area (Å²) in [6.45, 7) is 0.0565. The van der Waals surface area contributed by atoms with Gasteiger partial charge in [0.15, 0.2) is 0 Å². The number of nitrogen functional groups attached to an aromatic ring is 1. The number of aliphatic hydroxyl groups is 2. The van der Waals surface area contributed by atoms with Crippen molar-refractivity contribution in [3.8, 4) is 0 Å². The monoisotopic (exact) mass is 265 g/mol. The molecule has 1 atom stereocenters. The van der Waals surface area contributed by atoms with Gasteiger partial charge in [-0.1, -0.05) is 0 Å². The molecule has 0 aliphatic heterocycles. The molecule has 0 aliphatic carbocycles. The van der Waals surface area contributed by atoms with Gasteiger partial charge in [0, 0.05) is 12.8 Å². The molecule has 2 aromatic rings. The number of rotatable bonds is 5. The zero-order chi connectivity index (χ0) is 14.0. The van der Waals surface area contributed by atoms with E-state index in [0.29, 0.717) is 11.0 Å². The van der Waals surface area contributed by atoms with Crippen LogP contribution in [0, 0.1) is 0 Å². The van der Waals surface area contributed by atoms with E-state index in [1.807, 2.05) is 0 Å². The minimum absolute atomic E-state index is 0.125. The number of aromatic nitrogens is 3. The van der Waals surface area contributed by atoms with Crippen molar-refractivity contribution in [1.29, 1.82) is 0 Å². The third-order valence-electron chi connectivity index (χ3n) is 2.82. The molecule has 0 aromatic carbocycles. The first-order chi connectivity index (χ1) is 9.04. The van der Waals surface area contributed by atoms with Crippen LogP contribution in [0.4, 0.5) is 5.82 Å². The van der Waals surface area contributed by atoms with Crippen LogP contribution in [0.3, 0.4) is 0 Å². The summed E-state index contributed by atoms with van der Waals surface area (Å²) in [5.41, 5.74) is 11.6. The second kappa shape index (κ2) is 5.21. The summed E-state index contributed by atoms with van der Waals surface area (Å²) in [5.74, 6) is -0.476. The van der Waals surface area contributed by atoms with Crippen molar-refractivity contribution in [3.63, 3.8) is 0 Å². The second-order valence-corrected chi connectivity index (χ2v) is 4.18. The van der Waals surface area contributed by atoms with E-state index in [0.717, 1.165) is 0 Å². The van der Waals surface area contributed by atoms with E-state index in [-0.39, 0.29) is 31.0 Å². The zero-order valence-corrected chi connectivity index (χ0v) is 10.2. The number of fused-ring (bicyclic) bond motifs is 1. The number of anilines is 1. The Morgan fingerprint density at radius 3 is 2.84 bits per heavy atom. The Bertz CT molecular complexity index is 610. The van der Waals surface area contributed by atoms with E-state index < -0.39 is 12.0 Å². The molecular formula is C11H15N5O3. The number of primary amides is 1. The number of nitrogens with two attached hydrogens (primary N) is 2. The molecule has 2 rings (SSSR count). The maximum Gasteiger partial charge on any atom is 0.251 e. The highest BCUT2D eigenvalue weighted by molar-refractivity contribution is 6.08. The third kappa shape index (κ3) is 2.49. The Hall–Kier alpha value is -2.19. The van der Waals surface area contributed by atoms with Crippen LogP contribution in [0.15, 0.2) is 12.5 Å². The van der Waals surface area contributed by atoms with Crippen molar-refractivity contribution in [3.05, 3.63) is 18.1 Å². The molecule has 8 nitrogen and oxygen atoms in total. The summed E-state index contributed by atoms with van der Waals surface area (Å²) < 4.78 is 1.58. The summed E-state index contributed by atoms with van der Waals surface area (Å²) in [7, 11) is 0. The van der Waals surface area contributed by atoms with Crippen molar-refractivity contribution in [2.24, 2.45) is 5.73 Å². The van der Waals surface area contributed by atoms with E-state index in [1.54, 1.807) is 4.57 Å². The summed E-state index contributed by atoms with van der Waals surface area (Å²) in [4.78, 5) is 19.3. The van der Waals surface area contributed by atoms with Gasteiger partial charge in [-0.2, -0.15) is 0 Å². The Balaban J connectivity index is 2.50. The van der Waals surface area contributed by atoms with Crippen LogP contribution >= 0.6 is 0 Å². The predicted octanol–water partition coefficient (Wildman–Crippen LogP) is -1.14. The van der Waals surface area contributed by atoms with E-state index in [9.17, 15) is 9.90 Å². The van der Waals surface area contributed by atoms with Crippen LogP contribution in [0.2, 0.25) is 0 Å². The molecule has 2 aromatic heterocycles. The fourth-order valence-corrected chi connectivity index (χ4v) is 1.94. The predicted molar refractivity (Wildman–Crippen MR) is 68.2 cm³/mol. The molecular weight excluding hydrogens is 250 g/mol. The summed E-state index contributed by atoms with van der Waals surface area (Å²) in [6, 6.07) is 0. The SMILES string of the molecule is NC(=O)c1cn(C[C@@H](O)CCO)c2ncnc(N)c12. The van der Waals surface area contributed by atoms with Crippen LogP contribution < -0.4 is 11.5 Å². The lowest BCUT2D eigenvalue weighted by Gasteiger charge is -2.10. The highest BCUT2D eigenvalue weighted by atomic mass is 16.3. The van der Waals surface area contributed by atoms with Crippen molar-refractivity contribution in [1.82, 2.24) is 14.5 Å². The number of nitrogens with zero attached hydrogens (tertiary/aromatic N) is 3. The first-order valence-corrected chi connectivity index (χ1v) is 5.72. The number of hydrogen-bond acceptors (Lipinski definition) is 6. The van der Waals surface area contributed by atoms with Gasteiger partial charge in [-0.3, -0.25) is 4.79 Å². The molecule has 102 valence electrons. The van der Waals surface area contributed by atoms with Crippen LogP contribution in [0.5, 0.6) is 0 Å². The Labute approximate surface area is 108 Å². The van der Waals surface area contributed by atoms with Crippen LogP contribution in [0.25, 0.3) is 11.0 Å². The van der Waals surface area contributed by atoms with Gasteiger partial charge in [-0.15, -0.1) is 0 Å². The van der Waals surface area contributed by atoms with Crippen LogP contribution in [0.1, 0.15) is 16.8 Å². The molecule has 0 aliphatic rings. The molecule has 0 saturated carbocycles. The maximum atomic E-state index is 11.4. The van der Waals surface area contributed by atoms with Gasteiger partial charge in [0.1, 0.15) is 17.8 Å². The van der Waals surface area contributed by atoms with Gasteiger partial charge in [0.05, 0.1) is 23.6 Å². The molecule has 2 heterocycles. The molecule has 0 bridgehead atoms. The number of aliphatic hydroxyl groups excluding tert-OH is 2. The van der Waals surface area contributed by atoms with E-state index in [1.165, 1.54) is 12.5 Å².